The van der Waals surface area contributed by atoms with Crippen molar-refractivity contribution in [1.82, 2.24) is 35.6 Å². The quantitative estimate of drug-likeness (QED) is 0.507. The Bertz CT molecular complexity index is 1290. The second kappa shape index (κ2) is 10.4. The summed E-state index contributed by atoms with van der Waals surface area (Å²) in [6.07, 6.45) is 9.18. The second-order valence-corrected chi connectivity index (χ2v) is 11.4. The van der Waals surface area contributed by atoms with Gasteiger partial charge in [-0.3, -0.25) is 15.2 Å². The molecule has 0 spiro atoms. The number of aromatic nitrogens is 3. The number of halogens is 2. The molecule has 12 heteroatoms. The zero-order chi connectivity index (χ0) is 26.4. The van der Waals surface area contributed by atoms with Crippen LogP contribution in [-0.2, 0) is 0 Å². The van der Waals surface area contributed by atoms with Crippen molar-refractivity contribution in [2.75, 3.05) is 13.2 Å². The average molecular weight is 545 g/mol. The van der Waals surface area contributed by atoms with E-state index in [1.54, 1.807) is 12.4 Å². The number of likely N-dealkylation sites (tertiary alicyclic amines) is 1. The molecule has 0 radical (unpaired) electrons. The number of aromatic amines is 1. The molecule has 0 amide bonds. The molecule has 4 aliphatic rings. The molecule has 2 aromatic rings. The summed E-state index contributed by atoms with van der Waals surface area (Å²) in [6.45, 7) is 5.03. The number of hydrogen-bond donors (Lipinski definition) is 3. The Hall–Kier alpha value is -2.76. The van der Waals surface area contributed by atoms with Crippen molar-refractivity contribution in [1.29, 1.82) is 0 Å². The molecule has 2 aromatic heterocycles. The van der Waals surface area contributed by atoms with Crippen LogP contribution < -0.4 is 16.4 Å². The van der Waals surface area contributed by atoms with Gasteiger partial charge >= 0.3 is 5.76 Å². The molecule has 6 rings (SSSR count). The van der Waals surface area contributed by atoms with Gasteiger partial charge in [0.05, 0.1) is 16.4 Å². The third-order valence-corrected chi connectivity index (χ3v) is 8.80. The SMILES string of the molecule is CC1CCC(C(C)N2C3=C(c4cncc(Cl)c4)NC(c4n[nH]c(=O)o4)=N[C@H]3N[C@H]2N2CCC[C@H]2CF)CC1. The summed E-state index contributed by atoms with van der Waals surface area (Å²) in [5.74, 6) is 0.972. The van der Waals surface area contributed by atoms with Crippen LogP contribution in [0.5, 0.6) is 0 Å². The van der Waals surface area contributed by atoms with Crippen molar-refractivity contribution in [2.24, 2.45) is 16.8 Å². The Morgan fingerprint density at radius 2 is 2.05 bits per heavy atom. The first kappa shape index (κ1) is 25.5. The topological polar surface area (TPSA) is 115 Å². The summed E-state index contributed by atoms with van der Waals surface area (Å²) >= 11 is 6.37. The van der Waals surface area contributed by atoms with Crippen molar-refractivity contribution in [2.45, 2.75) is 76.9 Å². The fraction of sp³-hybridized carbons (Fsp3) is 0.615. The molecule has 3 N–H and O–H groups in total. The lowest BCUT2D eigenvalue weighted by atomic mass is 9.79. The maximum atomic E-state index is 14.2. The highest BCUT2D eigenvalue weighted by atomic mass is 35.5. The predicted molar refractivity (Wildman–Crippen MR) is 142 cm³/mol. The molecule has 5 heterocycles. The highest BCUT2D eigenvalue weighted by molar-refractivity contribution is 6.30. The monoisotopic (exact) mass is 544 g/mol. The summed E-state index contributed by atoms with van der Waals surface area (Å²) in [4.78, 5) is 25.6. The van der Waals surface area contributed by atoms with Gasteiger partial charge in [-0.15, -0.1) is 5.10 Å². The van der Waals surface area contributed by atoms with Crippen LogP contribution in [0, 0.1) is 11.8 Å². The van der Waals surface area contributed by atoms with Gasteiger partial charge in [0.25, 0.3) is 5.89 Å². The molecule has 3 aliphatic heterocycles. The first-order valence-electron chi connectivity index (χ1n) is 13.5. The molecule has 204 valence electrons. The number of fused-ring (bicyclic) bond motifs is 1. The van der Waals surface area contributed by atoms with E-state index in [1.165, 1.54) is 12.8 Å². The lowest BCUT2D eigenvalue weighted by Crippen LogP contribution is -2.56. The minimum absolute atomic E-state index is 0.0652. The van der Waals surface area contributed by atoms with E-state index in [0.29, 0.717) is 16.8 Å². The van der Waals surface area contributed by atoms with Crippen LogP contribution in [0.25, 0.3) is 5.70 Å². The van der Waals surface area contributed by atoms with Gasteiger partial charge in [0.1, 0.15) is 19.1 Å². The molecule has 4 atom stereocenters. The standard InChI is InChI=1S/C26H34ClFN8O2/c1-14-5-7-16(8-6-14)15(2)36-21-20(17-10-18(27)13-29-12-17)30-23(24-33-34-26(37)38-24)31-22(21)32-25(36)35-9-3-4-19(35)11-28/h10,12-16,19,22,25,32H,3-9,11H2,1-2H3,(H,30,31)(H,34,37)/t14?,15?,16?,19-,22-,25-/m0/s1. The van der Waals surface area contributed by atoms with Gasteiger partial charge in [-0.25, -0.2) is 19.3 Å². The largest absolute Gasteiger partial charge is 0.434 e. The number of hydrogen-bond acceptors (Lipinski definition) is 9. The summed E-state index contributed by atoms with van der Waals surface area (Å²) in [5, 5.41) is 13.9. The molecular weight excluding hydrogens is 511 g/mol. The maximum absolute atomic E-state index is 14.2. The molecule has 0 aromatic carbocycles. The highest BCUT2D eigenvalue weighted by Crippen LogP contribution is 2.41. The molecule has 0 bridgehead atoms. The smallest absolute Gasteiger partial charge is 0.384 e. The van der Waals surface area contributed by atoms with Gasteiger partial charge < -0.3 is 14.6 Å². The van der Waals surface area contributed by atoms with Crippen molar-refractivity contribution in [3.63, 3.8) is 0 Å². The number of rotatable bonds is 6. The highest BCUT2D eigenvalue weighted by Gasteiger charge is 2.49. The number of nitrogens with one attached hydrogen (secondary N) is 3. The van der Waals surface area contributed by atoms with Crippen LogP contribution in [0.3, 0.4) is 0 Å². The first-order chi connectivity index (χ1) is 18.4. The molecule has 1 aliphatic carbocycles. The van der Waals surface area contributed by atoms with Gasteiger partial charge in [-0.2, -0.15) is 0 Å². The molecule has 10 nitrogen and oxygen atoms in total. The van der Waals surface area contributed by atoms with E-state index >= 15 is 0 Å². The summed E-state index contributed by atoms with van der Waals surface area (Å²) in [6, 6.07) is 1.89. The number of pyridine rings is 1. The van der Waals surface area contributed by atoms with E-state index < -0.39 is 11.9 Å². The minimum atomic E-state index is -0.660. The van der Waals surface area contributed by atoms with E-state index in [-0.39, 0.29) is 30.9 Å². The lowest BCUT2D eigenvalue weighted by molar-refractivity contribution is 0.0118. The Balaban J connectivity index is 1.47. The number of amidine groups is 1. The molecule has 3 fully saturated rings. The van der Waals surface area contributed by atoms with E-state index in [0.717, 1.165) is 55.1 Å². The summed E-state index contributed by atoms with van der Waals surface area (Å²) in [7, 11) is 0. The Kier molecular flexibility index (Phi) is 7.00. The van der Waals surface area contributed by atoms with Crippen molar-refractivity contribution >= 4 is 23.1 Å². The van der Waals surface area contributed by atoms with Crippen LogP contribution in [0.1, 0.15) is 63.8 Å². The summed E-state index contributed by atoms with van der Waals surface area (Å²) in [5.41, 5.74) is 2.50. The summed E-state index contributed by atoms with van der Waals surface area (Å²) < 4.78 is 19.4. The van der Waals surface area contributed by atoms with Crippen LogP contribution in [0.15, 0.2) is 38.4 Å². The fourth-order valence-electron chi connectivity index (χ4n) is 6.53. The number of alkyl halides is 1. The fourth-order valence-corrected chi connectivity index (χ4v) is 6.70. The van der Waals surface area contributed by atoms with E-state index in [1.807, 2.05) is 6.07 Å². The van der Waals surface area contributed by atoms with E-state index in [2.05, 4.69) is 49.5 Å². The average Bonchev–Trinajstić information content (AvgIpc) is 3.65. The van der Waals surface area contributed by atoms with Gasteiger partial charge in [-0.05, 0) is 50.5 Å². The Morgan fingerprint density at radius 1 is 1.24 bits per heavy atom. The van der Waals surface area contributed by atoms with Gasteiger partial charge in [0.15, 0.2) is 5.84 Å². The lowest BCUT2D eigenvalue weighted by Gasteiger charge is -2.44. The van der Waals surface area contributed by atoms with Crippen molar-refractivity contribution in [3.8, 4) is 0 Å². The van der Waals surface area contributed by atoms with Crippen LogP contribution in [0.4, 0.5) is 4.39 Å². The number of nitrogens with zero attached hydrogens (tertiary/aromatic N) is 5. The Labute approximate surface area is 225 Å². The predicted octanol–water partition coefficient (Wildman–Crippen LogP) is 3.29. The molecule has 2 saturated heterocycles. The zero-order valence-corrected chi connectivity index (χ0v) is 22.4. The Morgan fingerprint density at radius 3 is 2.76 bits per heavy atom. The first-order valence-corrected chi connectivity index (χ1v) is 13.9. The van der Waals surface area contributed by atoms with Crippen molar-refractivity contribution in [3.05, 3.63) is 51.2 Å². The number of aliphatic imine (C=N–C) groups is 1. The van der Waals surface area contributed by atoms with Crippen LogP contribution in [-0.4, -0.2) is 68.6 Å². The van der Waals surface area contributed by atoms with Crippen molar-refractivity contribution < 1.29 is 8.81 Å². The normalized spacial score (nSPS) is 30.8. The minimum Gasteiger partial charge on any atom is -0.384 e. The second-order valence-electron chi connectivity index (χ2n) is 11.0. The molecule has 1 saturated carbocycles. The third-order valence-electron chi connectivity index (χ3n) is 8.60. The van der Waals surface area contributed by atoms with Crippen LogP contribution in [0.2, 0.25) is 5.02 Å². The molecule has 38 heavy (non-hydrogen) atoms. The van der Waals surface area contributed by atoms with Gasteiger partial charge in [-0.1, -0.05) is 31.4 Å². The van der Waals surface area contributed by atoms with E-state index in [9.17, 15) is 9.18 Å². The number of H-pyrrole nitrogens is 1. The molecular formula is C26H34ClFN8O2. The maximum Gasteiger partial charge on any atom is 0.434 e. The zero-order valence-electron chi connectivity index (χ0n) is 21.7. The van der Waals surface area contributed by atoms with E-state index in [4.69, 9.17) is 21.0 Å². The van der Waals surface area contributed by atoms with Crippen LogP contribution >= 0.6 is 11.6 Å². The molecule has 1 unspecified atom stereocenters. The third kappa shape index (κ3) is 4.65. The van der Waals surface area contributed by atoms with Gasteiger partial charge in [0, 0.05) is 36.6 Å². The van der Waals surface area contributed by atoms with Gasteiger partial charge in [0.2, 0.25) is 0 Å².